The zero-order valence-corrected chi connectivity index (χ0v) is 10.9. The highest BCUT2D eigenvalue weighted by Gasteiger charge is 2.29. The van der Waals surface area contributed by atoms with Crippen LogP contribution < -0.4 is 0 Å². The third-order valence-electron chi connectivity index (χ3n) is 2.55. The first-order chi connectivity index (χ1) is 6.89. The number of unbranched alkanes of at least 4 members (excludes halogenated alkanes) is 4. The molecule has 0 aliphatic heterocycles. The fraction of sp³-hybridized carbons (Fsp3) is 1.00. The molecular formula is C10H24NO3P. The van der Waals surface area contributed by atoms with E-state index in [4.69, 9.17) is 9.79 Å². The van der Waals surface area contributed by atoms with Crippen molar-refractivity contribution < 1.29 is 14.4 Å². The second-order valence-corrected chi connectivity index (χ2v) is 6.01. The molecule has 0 aliphatic carbocycles. The normalized spacial score (nSPS) is 14.5. The van der Waals surface area contributed by atoms with E-state index in [2.05, 4.69) is 6.92 Å². The van der Waals surface area contributed by atoms with Crippen molar-refractivity contribution in [1.29, 1.82) is 0 Å². The van der Waals surface area contributed by atoms with Gasteiger partial charge in [-0.25, -0.2) is 0 Å². The molecule has 0 aromatic heterocycles. The Labute approximate surface area is 92.8 Å². The van der Waals surface area contributed by atoms with Crippen molar-refractivity contribution in [2.24, 2.45) is 0 Å². The maximum atomic E-state index is 11.1. The quantitative estimate of drug-likeness (QED) is 0.502. The van der Waals surface area contributed by atoms with E-state index in [1.54, 1.807) is 19.0 Å². The lowest BCUT2D eigenvalue weighted by molar-refractivity contribution is 0.270. The van der Waals surface area contributed by atoms with Gasteiger partial charge in [0.15, 0.2) is 0 Å². The highest BCUT2D eigenvalue weighted by atomic mass is 31.2. The largest absolute Gasteiger partial charge is 0.342 e. The highest BCUT2D eigenvalue weighted by Crippen LogP contribution is 2.44. The van der Waals surface area contributed by atoms with Gasteiger partial charge in [-0.15, -0.1) is 0 Å². The van der Waals surface area contributed by atoms with Gasteiger partial charge in [-0.1, -0.05) is 39.0 Å². The Balaban J connectivity index is 3.84. The lowest BCUT2D eigenvalue weighted by atomic mass is 10.1. The Morgan fingerprint density at radius 1 is 1.13 bits per heavy atom. The summed E-state index contributed by atoms with van der Waals surface area (Å²) in [5.41, 5.74) is 0. The van der Waals surface area contributed by atoms with Crippen LogP contribution in [-0.2, 0) is 4.57 Å². The molecule has 0 heterocycles. The summed E-state index contributed by atoms with van der Waals surface area (Å²) in [6.45, 7) is 2.15. The van der Waals surface area contributed by atoms with E-state index in [9.17, 15) is 4.57 Å². The molecule has 0 aromatic carbocycles. The summed E-state index contributed by atoms with van der Waals surface area (Å²) in [5.74, 6) is -0.612. The molecule has 5 heteroatoms. The van der Waals surface area contributed by atoms with E-state index in [-0.39, 0.29) is 0 Å². The van der Waals surface area contributed by atoms with Crippen LogP contribution in [0, 0.1) is 0 Å². The van der Waals surface area contributed by atoms with Crippen LogP contribution in [0.3, 0.4) is 0 Å². The van der Waals surface area contributed by atoms with Crippen molar-refractivity contribution in [3.05, 3.63) is 0 Å². The first-order valence-electron chi connectivity index (χ1n) is 5.61. The van der Waals surface area contributed by atoms with Crippen molar-refractivity contribution in [3.8, 4) is 0 Å². The van der Waals surface area contributed by atoms with Crippen LogP contribution in [0.15, 0.2) is 0 Å². The van der Waals surface area contributed by atoms with Gasteiger partial charge >= 0.3 is 7.60 Å². The van der Waals surface area contributed by atoms with E-state index >= 15 is 0 Å². The van der Waals surface area contributed by atoms with Gasteiger partial charge in [0, 0.05) is 0 Å². The molecule has 0 bridgehead atoms. The first-order valence-corrected chi connectivity index (χ1v) is 7.29. The molecule has 1 unspecified atom stereocenters. The average Bonchev–Trinajstić information content (AvgIpc) is 2.08. The van der Waals surface area contributed by atoms with Crippen LogP contribution in [0.1, 0.15) is 45.4 Å². The maximum Gasteiger partial charge on any atom is 0.342 e. The SMILES string of the molecule is CCCCCCCC(N(C)C)P(=O)(O)O. The number of hydrogen-bond acceptors (Lipinski definition) is 2. The molecule has 0 rings (SSSR count). The lowest BCUT2D eigenvalue weighted by Gasteiger charge is -2.24. The second kappa shape index (κ2) is 7.39. The Kier molecular flexibility index (Phi) is 7.45. The molecule has 15 heavy (non-hydrogen) atoms. The van der Waals surface area contributed by atoms with E-state index in [0.717, 1.165) is 19.3 Å². The fourth-order valence-corrected chi connectivity index (χ4v) is 2.78. The van der Waals surface area contributed by atoms with Gasteiger partial charge in [0.2, 0.25) is 0 Å². The minimum absolute atomic E-state index is 0.584. The number of hydrogen-bond donors (Lipinski definition) is 2. The second-order valence-electron chi connectivity index (χ2n) is 4.24. The molecule has 92 valence electrons. The predicted octanol–water partition coefficient (Wildman–Crippen LogP) is 2.41. The van der Waals surface area contributed by atoms with Gasteiger partial charge in [-0.2, -0.15) is 0 Å². The molecule has 0 spiro atoms. The van der Waals surface area contributed by atoms with E-state index in [1.807, 2.05) is 0 Å². The molecule has 0 aliphatic rings. The topological polar surface area (TPSA) is 60.8 Å². The molecule has 0 saturated carbocycles. The third kappa shape index (κ3) is 7.07. The van der Waals surface area contributed by atoms with E-state index in [1.165, 1.54) is 12.8 Å². The summed E-state index contributed by atoms with van der Waals surface area (Å²) in [6.07, 6.45) is 6.11. The minimum atomic E-state index is -3.96. The predicted molar refractivity (Wildman–Crippen MR) is 62.9 cm³/mol. The Morgan fingerprint density at radius 3 is 2.07 bits per heavy atom. The summed E-state index contributed by atoms with van der Waals surface area (Å²) in [7, 11) is -0.526. The van der Waals surface area contributed by atoms with E-state index in [0.29, 0.717) is 6.42 Å². The maximum absolute atomic E-state index is 11.1. The molecule has 2 N–H and O–H groups in total. The van der Waals surface area contributed by atoms with Gasteiger partial charge in [0.05, 0.1) is 0 Å². The van der Waals surface area contributed by atoms with Gasteiger partial charge in [-0.3, -0.25) is 9.46 Å². The number of rotatable bonds is 8. The van der Waals surface area contributed by atoms with Gasteiger partial charge < -0.3 is 9.79 Å². The number of nitrogens with zero attached hydrogens (tertiary/aromatic N) is 1. The Hall–Kier alpha value is 0.110. The Morgan fingerprint density at radius 2 is 1.67 bits per heavy atom. The van der Waals surface area contributed by atoms with Crippen LogP contribution >= 0.6 is 7.60 Å². The van der Waals surface area contributed by atoms with Crippen molar-refractivity contribution in [3.63, 3.8) is 0 Å². The zero-order valence-electron chi connectivity index (χ0n) is 10.0. The van der Waals surface area contributed by atoms with Gasteiger partial charge in [0.25, 0.3) is 0 Å². The summed E-state index contributed by atoms with van der Waals surface area (Å²) in [4.78, 5) is 19.9. The molecule has 0 fully saturated rings. The van der Waals surface area contributed by atoms with Gasteiger partial charge in [0.1, 0.15) is 5.78 Å². The van der Waals surface area contributed by atoms with Crippen molar-refractivity contribution in [1.82, 2.24) is 4.90 Å². The summed E-state index contributed by atoms with van der Waals surface area (Å²) < 4.78 is 11.1. The molecule has 0 aromatic rings. The minimum Gasteiger partial charge on any atom is -0.323 e. The molecular weight excluding hydrogens is 213 g/mol. The van der Waals surface area contributed by atoms with Crippen molar-refractivity contribution in [2.45, 2.75) is 51.2 Å². The molecule has 0 amide bonds. The fourth-order valence-electron chi connectivity index (χ4n) is 1.66. The summed E-state index contributed by atoms with van der Waals surface area (Å²) in [5, 5.41) is 0. The first kappa shape index (κ1) is 15.1. The molecule has 1 atom stereocenters. The Bertz CT molecular complexity index is 203. The highest BCUT2D eigenvalue weighted by molar-refractivity contribution is 7.52. The van der Waals surface area contributed by atoms with Crippen LogP contribution in [0.4, 0.5) is 0 Å². The molecule has 0 saturated heterocycles. The van der Waals surface area contributed by atoms with Crippen LogP contribution in [0.25, 0.3) is 0 Å². The van der Waals surface area contributed by atoms with Crippen LogP contribution in [-0.4, -0.2) is 34.6 Å². The summed E-state index contributed by atoms with van der Waals surface area (Å²) >= 11 is 0. The average molecular weight is 237 g/mol. The van der Waals surface area contributed by atoms with Gasteiger partial charge in [-0.05, 0) is 20.5 Å². The standard InChI is InChI=1S/C10H24NO3P/c1-4-5-6-7-8-9-10(11(2)3)15(12,13)14/h10H,4-9H2,1-3H3,(H2,12,13,14). The molecule has 4 nitrogen and oxygen atoms in total. The third-order valence-corrected chi connectivity index (χ3v) is 4.05. The van der Waals surface area contributed by atoms with Crippen LogP contribution in [0.5, 0.6) is 0 Å². The monoisotopic (exact) mass is 237 g/mol. The lowest BCUT2D eigenvalue weighted by Crippen LogP contribution is -2.27. The molecule has 0 radical (unpaired) electrons. The zero-order chi connectivity index (χ0) is 11.9. The van der Waals surface area contributed by atoms with Crippen LogP contribution in [0.2, 0.25) is 0 Å². The van der Waals surface area contributed by atoms with E-state index < -0.39 is 13.4 Å². The summed E-state index contributed by atoms with van der Waals surface area (Å²) in [6, 6.07) is 0. The van der Waals surface area contributed by atoms with Crippen molar-refractivity contribution >= 4 is 7.60 Å². The van der Waals surface area contributed by atoms with Crippen molar-refractivity contribution in [2.75, 3.05) is 14.1 Å². The smallest absolute Gasteiger partial charge is 0.323 e.